The van der Waals surface area contributed by atoms with Gasteiger partial charge in [0.05, 0.1) is 0 Å². The number of hydrogen-bond donors (Lipinski definition) is 0. The topological polar surface area (TPSA) is 20.3 Å². The van der Waals surface area contributed by atoms with Gasteiger partial charge in [0, 0.05) is 18.5 Å². The van der Waals surface area contributed by atoms with Gasteiger partial charge in [-0.15, -0.1) is 0 Å². The second kappa shape index (κ2) is 4.43. The molecule has 0 unspecified atom stereocenters. The quantitative estimate of drug-likeness (QED) is 0.693. The minimum absolute atomic E-state index is 0.222. The van der Waals surface area contributed by atoms with Crippen LogP contribution < -0.4 is 0 Å². The van der Waals surface area contributed by atoms with Crippen molar-refractivity contribution < 1.29 is 4.79 Å². The van der Waals surface area contributed by atoms with Crippen LogP contribution >= 0.6 is 0 Å². The molecule has 0 aliphatic heterocycles. The lowest BCUT2D eigenvalue weighted by Gasteiger charge is -2.32. The maximum Gasteiger partial charge on any atom is 0.136 e. The number of carbonyl (C=O) groups excluding carboxylic acids is 1. The molecule has 0 atom stereocenters. The first-order valence-corrected chi connectivity index (χ1v) is 5.24. The smallest absolute Gasteiger partial charge is 0.136 e. The van der Waals surface area contributed by atoms with E-state index in [9.17, 15) is 4.79 Å². The summed E-state index contributed by atoms with van der Waals surface area (Å²) in [6.45, 7) is 14.2. The summed E-state index contributed by atoms with van der Waals surface area (Å²) in [5.41, 5.74) is 0.0711. The monoisotopic (exact) mass is 199 g/mol. The van der Waals surface area contributed by atoms with Crippen LogP contribution in [0, 0.1) is 10.8 Å². The van der Waals surface area contributed by atoms with Crippen molar-refractivity contribution in [2.24, 2.45) is 10.8 Å². The fourth-order valence-corrected chi connectivity index (χ4v) is 1.65. The lowest BCUT2D eigenvalue weighted by molar-refractivity contribution is -0.125. The minimum Gasteiger partial charge on any atom is -0.305 e. The summed E-state index contributed by atoms with van der Waals surface area (Å²) >= 11 is 0. The van der Waals surface area contributed by atoms with E-state index in [4.69, 9.17) is 0 Å². The number of Topliss-reactive ketones (excluding diaryl/α,β-unsaturated/α-hetero) is 1. The molecule has 0 spiro atoms. The normalized spacial score (nSPS) is 13.4. The third-order valence-corrected chi connectivity index (χ3v) is 2.36. The van der Waals surface area contributed by atoms with Gasteiger partial charge in [0.25, 0.3) is 0 Å². The summed E-state index contributed by atoms with van der Waals surface area (Å²) < 4.78 is 0. The Bertz CT molecular complexity index is 201. The largest absolute Gasteiger partial charge is 0.305 e. The first-order chi connectivity index (χ1) is 6.04. The molecule has 0 heterocycles. The maximum atomic E-state index is 11.3. The Hall–Kier alpha value is -0.370. The van der Waals surface area contributed by atoms with Gasteiger partial charge in [-0.2, -0.15) is 0 Å². The van der Waals surface area contributed by atoms with E-state index in [0.29, 0.717) is 5.41 Å². The van der Waals surface area contributed by atoms with Gasteiger partial charge in [0.15, 0.2) is 0 Å². The number of rotatable bonds is 4. The fraction of sp³-hybridized carbons (Fsp3) is 0.917. The van der Waals surface area contributed by atoms with E-state index < -0.39 is 0 Å². The molecule has 0 saturated carbocycles. The first-order valence-electron chi connectivity index (χ1n) is 5.24. The van der Waals surface area contributed by atoms with Crippen LogP contribution in [0.25, 0.3) is 0 Å². The van der Waals surface area contributed by atoms with Crippen molar-refractivity contribution >= 4 is 5.78 Å². The molecule has 0 amide bonds. The van der Waals surface area contributed by atoms with Crippen LogP contribution in [-0.2, 0) is 4.79 Å². The Morgan fingerprint density at radius 3 is 1.79 bits per heavy atom. The Morgan fingerprint density at radius 2 is 1.50 bits per heavy atom. The summed E-state index contributed by atoms with van der Waals surface area (Å²) in [7, 11) is 2.08. The zero-order valence-electron chi connectivity index (χ0n) is 10.8. The van der Waals surface area contributed by atoms with Crippen molar-refractivity contribution in [2.75, 3.05) is 20.1 Å². The average Bonchev–Trinajstić information content (AvgIpc) is 1.79. The van der Waals surface area contributed by atoms with Gasteiger partial charge in [-0.1, -0.05) is 34.6 Å². The predicted octanol–water partition coefficient (Wildman–Crippen LogP) is 2.58. The number of nitrogens with zero attached hydrogens (tertiary/aromatic N) is 1. The van der Waals surface area contributed by atoms with Crippen molar-refractivity contribution in [3.8, 4) is 0 Å². The van der Waals surface area contributed by atoms with Gasteiger partial charge in [0.1, 0.15) is 5.78 Å². The Kier molecular flexibility index (Phi) is 4.32. The van der Waals surface area contributed by atoms with Gasteiger partial charge in [0.2, 0.25) is 0 Å². The molecule has 2 heteroatoms. The van der Waals surface area contributed by atoms with Gasteiger partial charge >= 0.3 is 0 Å². The van der Waals surface area contributed by atoms with E-state index in [-0.39, 0.29) is 11.2 Å². The Labute approximate surface area is 88.7 Å². The molecule has 0 saturated heterocycles. The summed E-state index contributed by atoms with van der Waals surface area (Å²) in [5.74, 6) is 0.262. The van der Waals surface area contributed by atoms with Crippen LogP contribution in [0.3, 0.4) is 0 Å². The highest BCUT2D eigenvalue weighted by molar-refractivity contribution is 5.81. The second-order valence-corrected chi connectivity index (χ2v) is 6.17. The highest BCUT2D eigenvalue weighted by Gasteiger charge is 2.26. The highest BCUT2D eigenvalue weighted by atomic mass is 16.1. The molecule has 0 radical (unpaired) electrons. The van der Waals surface area contributed by atoms with Gasteiger partial charge in [-0.25, -0.2) is 0 Å². The number of carbonyl (C=O) groups is 1. The third-order valence-electron chi connectivity index (χ3n) is 2.36. The van der Waals surface area contributed by atoms with Crippen LogP contribution in [0.15, 0.2) is 0 Å². The van der Waals surface area contributed by atoms with E-state index in [1.54, 1.807) is 6.92 Å². The van der Waals surface area contributed by atoms with Crippen molar-refractivity contribution in [3.63, 3.8) is 0 Å². The summed E-state index contributed by atoms with van der Waals surface area (Å²) in [5, 5.41) is 0. The molecule has 0 N–H and O–H groups in total. The number of hydrogen-bond acceptors (Lipinski definition) is 2. The van der Waals surface area contributed by atoms with Crippen LogP contribution in [0.4, 0.5) is 0 Å². The molecule has 2 nitrogen and oxygen atoms in total. The van der Waals surface area contributed by atoms with E-state index in [0.717, 1.165) is 13.1 Å². The Balaban J connectivity index is 4.19. The predicted molar refractivity (Wildman–Crippen MR) is 61.4 cm³/mol. The van der Waals surface area contributed by atoms with Crippen LogP contribution in [0.1, 0.15) is 41.5 Å². The van der Waals surface area contributed by atoms with E-state index in [2.05, 4.69) is 32.7 Å². The van der Waals surface area contributed by atoms with E-state index in [1.807, 2.05) is 13.8 Å². The molecule has 0 aromatic carbocycles. The lowest BCUT2D eigenvalue weighted by Crippen LogP contribution is -2.39. The Morgan fingerprint density at radius 1 is 1.07 bits per heavy atom. The molecule has 84 valence electrons. The molecule has 0 aliphatic carbocycles. The molecular formula is C12H25NO. The molecule has 14 heavy (non-hydrogen) atoms. The van der Waals surface area contributed by atoms with Gasteiger partial charge in [-0.3, -0.25) is 4.79 Å². The first kappa shape index (κ1) is 13.6. The zero-order valence-corrected chi connectivity index (χ0v) is 10.8. The van der Waals surface area contributed by atoms with Crippen LogP contribution in [0.2, 0.25) is 0 Å². The van der Waals surface area contributed by atoms with Crippen LogP contribution in [0.5, 0.6) is 0 Å². The van der Waals surface area contributed by atoms with E-state index in [1.165, 1.54) is 0 Å². The van der Waals surface area contributed by atoms with Crippen molar-refractivity contribution in [3.05, 3.63) is 0 Å². The minimum atomic E-state index is -0.222. The fourth-order valence-electron chi connectivity index (χ4n) is 1.65. The average molecular weight is 199 g/mol. The van der Waals surface area contributed by atoms with Gasteiger partial charge in [-0.05, 0) is 19.4 Å². The molecule has 0 bridgehead atoms. The molecule has 0 rings (SSSR count). The van der Waals surface area contributed by atoms with Crippen LogP contribution in [-0.4, -0.2) is 30.8 Å². The van der Waals surface area contributed by atoms with Crippen molar-refractivity contribution in [1.82, 2.24) is 4.90 Å². The molecular weight excluding hydrogens is 174 g/mol. The second-order valence-electron chi connectivity index (χ2n) is 6.17. The zero-order chi connectivity index (χ0) is 11.6. The maximum absolute atomic E-state index is 11.3. The molecule has 0 aromatic rings. The standard InChI is InChI=1S/C12H25NO/c1-10(14)12(5,6)9-13(7)8-11(2,3)4/h8-9H2,1-7H3. The van der Waals surface area contributed by atoms with Crippen molar-refractivity contribution in [2.45, 2.75) is 41.5 Å². The summed E-state index contributed by atoms with van der Waals surface area (Å²) in [6.07, 6.45) is 0. The molecule has 0 fully saturated rings. The lowest BCUT2D eigenvalue weighted by atomic mass is 9.87. The third kappa shape index (κ3) is 5.38. The number of ketones is 1. The summed E-state index contributed by atoms with van der Waals surface area (Å²) in [6, 6.07) is 0. The summed E-state index contributed by atoms with van der Waals surface area (Å²) in [4.78, 5) is 13.6. The molecule has 0 aromatic heterocycles. The van der Waals surface area contributed by atoms with Gasteiger partial charge < -0.3 is 4.90 Å². The van der Waals surface area contributed by atoms with E-state index >= 15 is 0 Å². The SMILES string of the molecule is CC(=O)C(C)(C)CN(C)CC(C)(C)C. The highest BCUT2D eigenvalue weighted by Crippen LogP contribution is 2.20. The molecule has 0 aliphatic rings. The van der Waals surface area contributed by atoms with Crippen molar-refractivity contribution in [1.29, 1.82) is 0 Å².